The summed E-state index contributed by atoms with van der Waals surface area (Å²) >= 11 is 0. The van der Waals surface area contributed by atoms with E-state index in [1.54, 1.807) is 0 Å². The summed E-state index contributed by atoms with van der Waals surface area (Å²) in [6, 6.07) is 28.3. The van der Waals surface area contributed by atoms with Crippen LogP contribution in [-0.4, -0.2) is 30.0 Å². The van der Waals surface area contributed by atoms with Crippen molar-refractivity contribution < 1.29 is 14.9 Å². The molecule has 0 amide bonds. The second kappa shape index (κ2) is 9.72. The van der Waals surface area contributed by atoms with Gasteiger partial charge < -0.3 is 14.9 Å². The number of aliphatic hydroxyl groups is 2. The summed E-state index contributed by atoms with van der Waals surface area (Å²) in [6.07, 6.45) is 0.566. The van der Waals surface area contributed by atoms with Crippen LogP contribution in [0.15, 0.2) is 84.9 Å². The Morgan fingerprint density at radius 1 is 0.630 bits per heavy atom. The first-order valence-corrected chi connectivity index (χ1v) is 9.12. The fourth-order valence-corrected chi connectivity index (χ4v) is 3.17. The second-order valence-corrected chi connectivity index (χ2v) is 6.16. The highest BCUT2D eigenvalue weighted by atomic mass is 16.5. The SMILES string of the molecule is OCCOc1ccc(/C(=C(/CCO)c2ccccc2)c2ccccc2)cc1. The van der Waals surface area contributed by atoms with E-state index in [1.807, 2.05) is 60.7 Å². The maximum Gasteiger partial charge on any atom is 0.119 e. The van der Waals surface area contributed by atoms with Gasteiger partial charge >= 0.3 is 0 Å². The van der Waals surface area contributed by atoms with Crippen molar-refractivity contribution in [1.29, 1.82) is 0 Å². The van der Waals surface area contributed by atoms with Gasteiger partial charge in [0.2, 0.25) is 0 Å². The molecule has 0 spiro atoms. The van der Waals surface area contributed by atoms with Gasteiger partial charge in [0.05, 0.1) is 6.61 Å². The summed E-state index contributed by atoms with van der Waals surface area (Å²) in [7, 11) is 0. The molecule has 3 rings (SSSR count). The molecule has 3 heteroatoms. The van der Waals surface area contributed by atoms with E-state index in [4.69, 9.17) is 9.84 Å². The van der Waals surface area contributed by atoms with E-state index in [9.17, 15) is 5.11 Å². The molecule has 0 aliphatic heterocycles. The third-order valence-corrected chi connectivity index (χ3v) is 4.35. The molecule has 0 saturated carbocycles. The van der Waals surface area contributed by atoms with Crippen molar-refractivity contribution in [2.45, 2.75) is 6.42 Å². The Bertz CT molecular complexity index is 853. The summed E-state index contributed by atoms with van der Waals surface area (Å²) in [5, 5.41) is 18.6. The van der Waals surface area contributed by atoms with E-state index in [1.165, 1.54) is 0 Å². The van der Waals surface area contributed by atoms with Gasteiger partial charge in [0, 0.05) is 6.61 Å². The van der Waals surface area contributed by atoms with Crippen molar-refractivity contribution in [2.75, 3.05) is 19.8 Å². The summed E-state index contributed by atoms with van der Waals surface area (Å²) in [4.78, 5) is 0. The number of hydrogen-bond donors (Lipinski definition) is 2. The maximum atomic E-state index is 9.70. The summed E-state index contributed by atoms with van der Waals surface area (Å²) in [6.45, 7) is 0.352. The lowest BCUT2D eigenvalue weighted by Gasteiger charge is -2.17. The first-order valence-electron chi connectivity index (χ1n) is 9.12. The standard InChI is InChI=1S/C24H24O3/c25-16-15-23(19-7-3-1-4-8-19)24(20-9-5-2-6-10-20)21-11-13-22(14-12-21)27-18-17-26/h1-14,25-26H,15-18H2/b24-23-. The molecule has 0 unspecified atom stereocenters. The molecule has 2 N–H and O–H groups in total. The van der Waals surface area contributed by atoms with E-state index >= 15 is 0 Å². The van der Waals surface area contributed by atoms with E-state index < -0.39 is 0 Å². The number of benzene rings is 3. The molecule has 0 atom stereocenters. The molecule has 27 heavy (non-hydrogen) atoms. The largest absolute Gasteiger partial charge is 0.491 e. The molecule has 0 radical (unpaired) electrons. The molecular formula is C24H24O3. The quantitative estimate of drug-likeness (QED) is 0.586. The van der Waals surface area contributed by atoms with Crippen LogP contribution < -0.4 is 4.74 Å². The van der Waals surface area contributed by atoms with Crippen molar-refractivity contribution in [3.05, 3.63) is 102 Å². The molecule has 3 aromatic rings. The van der Waals surface area contributed by atoms with Crippen LogP contribution in [0.4, 0.5) is 0 Å². The van der Waals surface area contributed by atoms with Crippen LogP contribution in [0.25, 0.3) is 11.1 Å². The zero-order chi connectivity index (χ0) is 18.9. The molecule has 0 aliphatic rings. The smallest absolute Gasteiger partial charge is 0.119 e. The topological polar surface area (TPSA) is 49.7 Å². The highest BCUT2D eigenvalue weighted by Gasteiger charge is 2.14. The fourth-order valence-electron chi connectivity index (χ4n) is 3.17. The lowest BCUT2D eigenvalue weighted by atomic mass is 9.88. The molecule has 0 aromatic heterocycles. The van der Waals surface area contributed by atoms with Crippen LogP contribution in [0.3, 0.4) is 0 Å². The van der Waals surface area contributed by atoms with Crippen molar-refractivity contribution in [3.8, 4) is 5.75 Å². The highest BCUT2D eigenvalue weighted by molar-refractivity contribution is 5.98. The van der Waals surface area contributed by atoms with Crippen LogP contribution in [0.2, 0.25) is 0 Å². The van der Waals surface area contributed by atoms with Crippen molar-refractivity contribution in [3.63, 3.8) is 0 Å². The van der Waals surface area contributed by atoms with E-state index in [-0.39, 0.29) is 19.8 Å². The Hall–Kier alpha value is -2.88. The van der Waals surface area contributed by atoms with Gasteiger partial charge in [-0.3, -0.25) is 0 Å². The molecule has 0 saturated heterocycles. The minimum absolute atomic E-state index is 0.00836. The molecule has 3 aromatic carbocycles. The zero-order valence-electron chi connectivity index (χ0n) is 15.2. The van der Waals surface area contributed by atoms with Gasteiger partial charge in [-0.25, -0.2) is 0 Å². The van der Waals surface area contributed by atoms with E-state index in [0.29, 0.717) is 6.42 Å². The normalized spacial score (nSPS) is 11.8. The van der Waals surface area contributed by atoms with Crippen LogP contribution in [0, 0.1) is 0 Å². The summed E-state index contributed by atoms with van der Waals surface area (Å²) < 4.78 is 5.48. The van der Waals surface area contributed by atoms with Gasteiger partial charge in [-0.1, -0.05) is 72.8 Å². The predicted molar refractivity (Wildman–Crippen MR) is 110 cm³/mol. The first-order chi connectivity index (χ1) is 13.3. The third kappa shape index (κ3) is 4.85. The molecule has 0 aliphatic carbocycles. The summed E-state index contributed by atoms with van der Waals surface area (Å²) in [5.41, 5.74) is 5.47. The Labute approximate surface area is 160 Å². The van der Waals surface area contributed by atoms with Crippen LogP contribution in [0.5, 0.6) is 5.75 Å². The number of ether oxygens (including phenoxy) is 1. The van der Waals surface area contributed by atoms with Gasteiger partial charge in [0.25, 0.3) is 0 Å². The monoisotopic (exact) mass is 360 g/mol. The van der Waals surface area contributed by atoms with Gasteiger partial charge in [-0.05, 0) is 46.4 Å². The van der Waals surface area contributed by atoms with Crippen LogP contribution >= 0.6 is 0 Å². The third-order valence-electron chi connectivity index (χ3n) is 4.35. The molecular weight excluding hydrogens is 336 g/mol. The van der Waals surface area contributed by atoms with Gasteiger partial charge in [0.1, 0.15) is 12.4 Å². The highest BCUT2D eigenvalue weighted by Crippen LogP contribution is 2.34. The molecule has 3 nitrogen and oxygen atoms in total. The van der Waals surface area contributed by atoms with Gasteiger partial charge in [-0.2, -0.15) is 0 Å². The zero-order valence-corrected chi connectivity index (χ0v) is 15.2. The first kappa shape index (κ1) is 18.9. The van der Waals surface area contributed by atoms with Crippen LogP contribution in [0.1, 0.15) is 23.1 Å². The molecule has 0 bridgehead atoms. The lowest BCUT2D eigenvalue weighted by molar-refractivity contribution is 0.201. The molecule has 138 valence electrons. The number of aliphatic hydroxyl groups excluding tert-OH is 2. The van der Waals surface area contributed by atoms with Crippen molar-refractivity contribution in [2.24, 2.45) is 0 Å². The number of hydrogen-bond acceptors (Lipinski definition) is 3. The number of rotatable bonds is 8. The van der Waals surface area contributed by atoms with Gasteiger partial charge in [0.15, 0.2) is 0 Å². The average Bonchev–Trinajstić information content (AvgIpc) is 2.74. The Kier molecular flexibility index (Phi) is 6.80. The summed E-state index contributed by atoms with van der Waals surface area (Å²) in [5.74, 6) is 0.726. The second-order valence-electron chi connectivity index (χ2n) is 6.16. The van der Waals surface area contributed by atoms with E-state index in [2.05, 4.69) is 24.3 Å². The van der Waals surface area contributed by atoms with Crippen molar-refractivity contribution in [1.82, 2.24) is 0 Å². The predicted octanol–water partition coefficient (Wildman–Crippen LogP) is 4.40. The Morgan fingerprint density at radius 3 is 1.74 bits per heavy atom. The Balaban J connectivity index is 2.13. The van der Waals surface area contributed by atoms with Crippen molar-refractivity contribution >= 4 is 11.1 Å². The Morgan fingerprint density at radius 2 is 1.19 bits per heavy atom. The minimum atomic E-state index is -0.00836. The minimum Gasteiger partial charge on any atom is -0.491 e. The maximum absolute atomic E-state index is 9.70. The van der Waals surface area contributed by atoms with Gasteiger partial charge in [-0.15, -0.1) is 0 Å². The average molecular weight is 360 g/mol. The lowest BCUT2D eigenvalue weighted by Crippen LogP contribution is -2.02. The fraction of sp³-hybridized carbons (Fsp3) is 0.167. The molecule has 0 fully saturated rings. The molecule has 0 heterocycles. The van der Waals surface area contributed by atoms with E-state index in [0.717, 1.165) is 33.6 Å². The van der Waals surface area contributed by atoms with Crippen LogP contribution in [-0.2, 0) is 0 Å².